The Morgan fingerprint density at radius 3 is 2.52 bits per heavy atom. The smallest absolute Gasteiger partial charge is 0.231 e. The number of para-hydroxylation sites is 1. The third kappa shape index (κ3) is 3.31. The number of aromatic amines is 1. The minimum absolute atomic E-state index is 0.0000926. The van der Waals surface area contributed by atoms with Gasteiger partial charge in [-0.25, -0.2) is 0 Å². The number of fused-ring (bicyclic) bond motifs is 1. The Kier molecular flexibility index (Phi) is 4.43. The molecular formula is C16H21N3O2. The molecule has 0 aliphatic rings. The fourth-order valence-corrected chi connectivity index (χ4v) is 2.52. The summed E-state index contributed by atoms with van der Waals surface area (Å²) in [6.45, 7) is 6.05. The lowest BCUT2D eigenvalue weighted by molar-refractivity contribution is -0.119. The van der Waals surface area contributed by atoms with E-state index >= 15 is 0 Å². The number of nitrogens with one attached hydrogen (secondary N) is 1. The van der Waals surface area contributed by atoms with Crippen LogP contribution in [0.15, 0.2) is 24.3 Å². The molecule has 0 saturated heterocycles. The van der Waals surface area contributed by atoms with Crippen molar-refractivity contribution in [1.82, 2.24) is 9.88 Å². The number of rotatable bonds is 6. The van der Waals surface area contributed by atoms with E-state index in [0.717, 1.165) is 16.6 Å². The molecule has 0 fully saturated rings. The van der Waals surface area contributed by atoms with Crippen molar-refractivity contribution in [3.05, 3.63) is 35.5 Å². The number of aromatic nitrogens is 1. The standard InChI is InChI=1S/C16H21N3O2/c1-10(2)19(9-15(17)21)8-14(20)16-11(3)18-13-7-5-4-6-12(13)16/h4-7,10,18H,8-9H2,1-3H3,(H2,17,21). The minimum atomic E-state index is -0.424. The molecule has 0 spiro atoms. The van der Waals surface area contributed by atoms with Crippen LogP contribution in [0, 0.1) is 6.92 Å². The van der Waals surface area contributed by atoms with Crippen molar-refractivity contribution in [2.75, 3.05) is 13.1 Å². The highest BCUT2D eigenvalue weighted by molar-refractivity contribution is 6.10. The number of amides is 1. The molecule has 1 amide bonds. The van der Waals surface area contributed by atoms with Crippen LogP contribution in [-0.2, 0) is 4.79 Å². The van der Waals surface area contributed by atoms with Gasteiger partial charge >= 0.3 is 0 Å². The van der Waals surface area contributed by atoms with E-state index in [2.05, 4.69) is 4.98 Å². The summed E-state index contributed by atoms with van der Waals surface area (Å²) in [5.74, 6) is -0.424. The summed E-state index contributed by atoms with van der Waals surface area (Å²) in [5, 5.41) is 0.919. The van der Waals surface area contributed by atoms with Crippen LogP contribution in [0.5, 0.6) is 0 Å². The highest BCUT2D eigenvalue weighted by Gasteiger charge is 2.21. The maximum atomic E-state index is 12.6. The Bertz CT molecular complexity index is 673. The number of ketones is 1. The summed E-state index contributed by atoms with van der Waals surface area (Å²) in [5.41, 5.74) is 7.74. The van der Waals surface area contributed by atoms with Crippen LogP contribution in [0.1, 0.15) is 29.9 Å². The predicted octanol–water partition coefficient (Wildman–Crippen LogP) is 1.85. The molecule has 1 aromatic heterocycles. The van der Waals surface area contributed by atoms with Crippen LogP contribution in [0.4, 0.5) is 0 Å². The fourth-order valence-electron chi connectivity index (χ4n) is 2.52. The fraction of sp³-hybridized carbons (Fsp3) is 0.375. The van der Waals surface area contributed by atoms with Crippen molar-refractivity contribution in [3.63, 3.8) is 0 Å². The van der Waals surface area contributed by atoms with Gasteiger partial charge in [0.15, 0.2) is 5.78 Å². The van der Waals surface area contributed by atoms with Gasteiger partial charge in [-0.15, -0.1) is 0 Å². The molecule has 5 nitrogen and oxygen atoms in total. The lowest BCUT2D eigenvalue weighted by Crippen LogP contribution is -2.41. The van der Waals surface area contributed by atoms with Crippen molar-refractivity contribution in [2.45, 2.75) is 26.8 Å². The summed E-state index contributed by atoms with van der Waals surface area (Å²) in [6, 6.07) is 7.80. The number of Topliss-reactive ketones (excluding diaryl/α,β-unsaturated/α-hetero) is 1. The number of hydrogen-bond acceptors (Lipinski definition) is 3. The number of benzene rings is 1. The van der Waals surface area contributed by atoms with Crippen molar-refractivity contribution in [3.8, 4) is 0 Å². The summed E-state index contributed by atoms with van der Waals surface area (Å²) in [7, 11) is 0. The molecule has 5 heteroatoms. The average Bonchev–Trinajstić information content (AvgIpc) is 2.73. The Morgan fingerprint density at radius 1 is 1.24 bits per heavy atom. The number of carbonyl (C=O) groups is 2. The summed E-state index contributed by atoms with van der Waals surface area (Å²) in [4.78, 5) is 28.8. The summed E-state index contributed by atoms with van der Waals surface area (Å²) in [6.07, 6.45) is 0. The molecule has 0 aliphatic carbocycles. The van der Waals surface area contributed by atoms with Gasteiger partial charge in [0.1, 0.15) is 0 Å². The van der Waals surface area contributed by atoms with E-state index in [-0.39, 0.29) is 24.9 Å². The number of nitrogens with two attached hydrogens (primary N) is 1. The molecule has 0 bridgehead atoms. The second-order valence-corrected chi connectivity index (χ2v) is 5.56. The Labute approximate surface area is 124 Å². The number of primary amides is 1. The molecular weight excluding hydrogens is 266 g/mol. The second-order valence-electron chi connectivity index (χ2n) is 5.56. The van der Waals surface area contributed by atoms with E-state index in [1.54, 1.807) is 4.90 Å². The van der Waals surface area contributed by atoms with Crippen LogP contribution in [0.2, 0.25) is 0 Å². The lowest BCUT2D eigenvalue weighted by atomic mass is 10.1. The van der Waals surface area contributed by atoms with Crippen LogP contribution < -0.4 is 5.73 Å². The minimum Gasteiger partial charge on any atom is -0.369 e. The van der Waals surface area contributed by atoms with Crippen LogP contribution in [0.25, 0.3) is 10.9 Å². The first kappa shape index (κ1) is 15.3. The highest BCUT2D eigenvalue weighted by atomic mass is 16.1. The monoisotopic (exact) mass is 287 g/mol. The number of nitrogens with zero attached hydrogens (tertiary/aromatic N) is 1. The highest BCUT2D eigenvalue weighted by Crippen LogP contribution is 2.22. The molecule has 21 heavy (non-hydrogen) atoms. The zero-order chi connectivity index (χ0) is 15.6. The van der Waals surface area contributed by atoms with E-state index in [1.807, 2.05) is 45.0 Å². The van der Waals surface area contributed by atoms with Gasteiger partial charge in [-0.1, -0.05) is 18.2 Å². The van der Waals surface area contributed by atoms with Crippen molar-refractivity contribution in [2.24, 2.45) is 5.73 Å². The number of carbonyl (C=O) groups excluding carboxylic acids is 2. The first-order valence-corrected chi connectivity index (χ1v) is 7.03. The SMILES string of the molecule is Cc1[nH]c2ccccc2c1C(=O)CN(CC(N)=O)C(C)C. The molecule has 0 atom stereocenters. The summed E-state index contributed by atoms with van der Waals surface area (Å²) < 4.78 is 0. The van der Waals surface area contributed by atoms with E-state index in [4.69, 9.17) is 5.73 Å². The van der Waals surface area contributed by atoms with Gasteiger partial charge in [-0.2, -0.15) is 0 Å². The normalized spacial score (nSPS) is 11.5. The molecule has 0 saturated carbocycles. The zero-order valence-electron chi connectivity index (χ0n) is 12.6. The van der Waals surface area contributed by atoms with Gasteiger partial charge in [0.25, 0.3) is 0 Å². The molecule has 1 heterocycles. The maximum absolute atomic E-state index is 12.6. The molecule has 1 aromatic carbocycles. The van der Waals surface area contributed by atoms with Crippen LogP contribution >= 0.6 is 0 Å². The van der Waals surface area contributed by atoms with Crippen molar-refractivity contribution < 1.29 is 9.59 Å². The Hall–Kier alpha value is -2.14. The second kappa shape index (κ2) is 6.10. The number of hydrogen-bond donors (Lipinski definition) is 2. The Morgan fingerprint density at radius 2 is 1.90 bits per heavy atom. The molecule has 0 unspecified atom stereocenters. The van der Waals surface area contributed by atoms with Gasteiger partial charge in [0, 0.05) is 28.2 Å². The molecule has 2 rings (SSSR count). The van der Waals surface area contributed by atoms with Gasteiger partial charge in [-0.3, -0.25) is 14.5 Å². The Balaban J connectivity index is 2.29. The molecule has 112 valence electrons. The molecule has 3 N–H and O–H groups in total. The van der Waals surface area contributed by atoms with Gasteiger partial charge in [0.05, 0.1) is 13.1 Å². The topological polar surface area (TPSA) is 79.2 Å². The van der Waals surface area contributed by atoms with Crippen molar-refractivity contribution in [1.29, 1.82) is 0 Å². The predicted molar refractivity (Wildman–Crippen MR) is 83.3 cm³/mol. The molecule has 0 aliphatic heterocycles. The first-order chi connectivity index (χ1) is 9.90. The third-order valence-corrected chi connectivity index (χ3v) is 3.61. The van der Waals surface area contributed by atoms with Gasteiger partial charge < -0.3 is 10.7 Å². The van der Waals surface area contributed by atoms with Crippen LogP contribution in [-0.4, -0.2) is 40.7 Å². The molecule has 2 aromatic rings. The average molecular weight is 287 g/mol. The van der Waals surface area contributed by atoms with Gasteiger partial charge in [-0.05, 0) is 26.8 Å². The van der Waals surface area contributed by atoms with E-state index in [1.165, 1.54) is 0 Å². The van der Waals surface area contributed by atoms with E-state index < -0.39 is 5.91 Å². The van der Waals surface area contributed by atoms with E-state index in [0.29, 0.717) is 5.56 Å². The molecule has 0 radical (unpaired) electrons. The number of H-pyrrole nitrogens is 1. The number of aryl methyl sites for hydroxylation is 1. The quantitative estimate of drug-likeness (QED) is 0.796. The third-order valence-electron chi connectivity index (χ3n) is 3.61. The van der Waals surface area contributed by atoms with E-state index in [9.17, 15) is 9.59 Å². The largest absolute Gasteiger partial charge is 0.369 e. The zero-order valence-corrected chi connectivity index (χ0v) is 12.6. The van der Waals surface area contributed by atoms with Crippen LogP contribution in [0.3, 0.4) is 0 Å². The van der Waals surface area contributed by atoms with Gasteiger partial charge in [0.2, 0.25) is 5.91 Å². The maximum Gasteiger partial charge on any atom is 0.231 e. The first-order valence-electron chi connectivity index (χ1n) is 7.03. The van der Waals surface area contributed by atoms with Crippen molar-refractivity contribution >= 4 is 22.6 Å². The lowest BCUT2D eigenvalue weighted by Gasteiger charge is -2.24. The summed E-state index contributed by atoms with van der Waals surface area (Å²) >= 11 is 0.